The van der Waals surface area contributed by atoms with Crippen molar-refractivity contribution in [2.45, 2.75) is 290 Å². The van der Waals surface area contributed by atoms with E-state index in [0.717, 1.165) is 156 Å². The molecule has 735 valence electrons. The Hall–Kier alpha value is -8.06. The number of nitrogens with zero attached hydrogens (tertiary/aromatic N) is 9. The summed E-state index contributed by atoms with van der Waals surface area (Å²) in [6.07, 6.45) is 24.6. The van der Waals surface area contributed by atoms with Crippen LogP contribution < -0.4 is 28.4 Å². The molecule has 30 nitrogen and oxygen atoms in total. The average Bonchev–Trinajstić information content (AvgIpc) is 1.62. The molecular weight excluding hydrogens is 1840 g/mol. The normalized spacial score (nSPS) is 29.1. The van der Waals surface area contributed by atoms with Gasteiger partial charge in [-0.3, -0.25) is 28.8 Å². The second-order valence-corrected chi connectivity index (χ2v) is 41.4. The van der Waals surface area contributed by atoms with Crippen molar-refractivity contribution in [3.05, 3.63) is 71.7 Å². The summed E-state index contributed by atoms with van der Waals surface area (Å²) in [5.41, 5.74) is 3.67. The SMILES string of the molecule is COC[C@@H]1[C@@H]2CN(C(=O)[C@H](C(C)(C)C)CC(=O)O[C@@H]3CCC[C@H]3CCCCCc3nc4ccc(OC)cc4nc3O2)[C@@H]1[C-]=O.COC[C@@H]1[C@@H]2CN(C(=O)[C@H](C(C)(C)C)CC(=O)O[C@]3(C)CCC[C@H]3CCCCCc3nc4ccc(OC)cc4nc3O2)[C@@H]1[C-]=O.COC[C@@H]1[C@@H]2CN(C(=O)[C@H](C(C)(C)C)CC(=O)O[C@]3(C)C[C@H]3CCCCCc3nc4ccc(OC)cc4nc3O2)[C@@H]1[C-]=O.[V].[V].[V]. The number of fused-ring (bicyclic) bond motifs is 15. The predicted molar refractivity (Wildman–Crippen MR) is 492 cm³/mol. The Labute approximate surface area is 830 Å². The Morgan fingerprint density at radius 1 is 0.378 bits per heavy atom. The summed E-state index contributed by atoms with van der Waals surface area (Å²) in [6.45, 7) is 22.4. The van der Waals surface area contributed by atoms with Crippen molar-refractivity contribution in [1.29, 1.82) is 0 Å². The number of benzene rings is 3. The molecule has 9 heterocycles. The summed E-state index contributed by atoms with van der Waals surface area (Å²) in [7, 11) is 9.48. The maximum Gasteiger partial charge on any atom is 0.307 e. The summed E-state index contributed by atoms with van der Waals surface area (Å²) < 4.78 is 70.8. The van der Waals surface area contributed by atoms with Crippen LogP contribution in [0.1, 0.15) is 235 Å². The summed E-state index contributed by atoms with van der Waals surface area (Å²) in [5, 5.41) is 0. The summed E-state index contributed by atoms with van der Waals surface area (Å²) in [4.78, 5) is 154. The first-order valence-electron chi connectivity index (χ1n) is 47.8. The molecule has 3 aliphatic carbocycles. The Morgan fingerprint density at radius 2 is 0.711 bits per heavy atom. The van der Waals surface area contributed by atoms with E-state index in [4.69, 9.17) is 86.7 Å². The van der Waals surface area contributed by atoms with E-state index in [1.54, 1.807) is 42.7 Å². The molecule has 6 aromatic rings. The number of aromatic nitrogens is 6. The molecule has 3 aromatic heterocycles. The van der Waals surface area contributed by atoms with Crippen molar-refractivity contribution in [3.8, 4) is 34.9 Å². The predicted octanol–water partition coefficient (Wildman–Crippen LogP) is 14.5. The minimum Gasteiger partial charge on any atom is -0.540 e. The smallest absolute Gasteiger partial charge is 0.307 e. The second-order valence-electron chi connectivity index (χ2n) is 41.4. The monoisotopic (exact) mass is 1980 g/mol. The van der Waals surface area contributed by atoms with Crippen molar-refractivity contribution in [3.63, 3.8) is 0 Å². The van der Waals surface area contributed by atoms with E-state index >= 15 is 0 Å². The van der Waals surface area contributed by atoms with E-state index < -0.39 is 99.4 Å². The summed E-state index contributed by atoms with van der Waals surface area (Å²) >= 11 is 0. The molecule has 3 saturated carbocycles. The van der Waals surface area contributed by atoms with Gasteiger partial charge >= 0.3 is 17.9 Å². The standard InChI is InChI=1S/C35H48N3O7.C34H46N3O7.C33H44N3O7.3V/c1-34(2,3)25-18-31(40)45-35(4)16-10-12-22(35)11-8-7-9-13-27-32(37-28-17-23(43-6)14-15-26(28)36-27)44-30-19-38(33(25)41)29(20-39)24(30)21-42-5;1-34(2,3)24-17-31(39)43-29-13-9-11-21(29)10-7-6-8-12-26-32(36-27-16-22(42-5)14-15-25(27)35-26)44-30-18-37(33(24)40)28(19-38)23(30)20-41-4;1-32(2,3)23-15-29(38)43-33(4)16-20(33)10-8-7-9-11-25-30(35-26-14-21(41-6)12-13-24(26)34-25)42-28-17-36(31(23)39)27(18-37)22(28)19-40-5;;;/h14-15,17,22,24-25,29-30H,7-13,16,18-19,21H2,1-6H3;14-16,21,23-24,28-30H,6-13,17-18,20H2,1-5H3;12-14,20,22-23,27-28H,7-11,15-17,19H2,1-6H3;;;/q3*-1;;;/t22-,24+,25-,29-,30+,35-;21-,23+,24-,28-,29-,30+;20-,22+,23-,27-,28+,33-;;;/m111.../s1. The maximum atomic E-state index is 14.3. The number of carbonyl (C=O) groups excluding carboxylic acids is 9. The molecule has 15 rings (SSSR count). The summed E-state index contributed by atoms with van der Waals surface area (Å²) in [5.74, 6) is -1.41. The molecule has 0 N–H and O–H groups in total. The van der Waals surface area contributed by atoms with Crippen molar-refractivity contribution in [2.75, 3.05) is 82.1 Å². The quantitative estimate of drug-likeness (QED) is 0.0624. The largest absolute Gasteiger partial charge is 0.540 e. The number of hydrogen-bond donors (Lipinski definition) is 0. The van der Waals surface area contributed by atoms with Gasteiger partial charge in [0.25, 0.3) is 0 Å². The molecule has 3 radical (unpaired) electrons. The van der Waals surface area contributed by atoms with E-state index in [0.29, 0.717) is 82.5 Å². The van der Waals surface area contributed by atoms with Crippen LogP contribution in [0.15, 0.2) is 54.6 Å². The number of hydrogen-bond acceptors (Lipinski definition) is 27. The molecular formula is C102H138N9O21V3-3. The Morgan fingerprint density at radius 3 is 1.06 bits per heavy atom. The fraction of sp³-hybridized carbons (Fsp3) is 0.676. The van der Waals surface area contributed by atoms with Gasteiger partial charge in [-0.05, 0) is 181 Å². The second kappa shape index (κ2) is 47.7. The van der Waals surface area contributed by atoms with Gasteiger partial charge in [0.15, 0.2) is 0 Å². The van der Waals surface area contributed by atoms with Gasteiger partial charge in [0.2, 0.25) is 35.4 Å². The number of rotatable bonds is 12. The first kappa shape index (κ1) is 109. The van der Waals surface area contributed by atoms with Gasteiger partial charge in [0.1, 0.15) is 69.9 Å². The molecule has 3 saturated heterocycles. The average molecular weight is 1980 g/mol. The number of esters is 3. The zero-order valence-electron chi connectivity index (χ0n) is 81.8. The minimum atomic E-state index is -0.904. The molecule has 6 fully saturated rings. The van der Waals surface area contributed by atoms with E-state index in [9.17, 15) is 43.2 Å². The van der Waals surface area contributed by atoms with Gasteiger partial charge < -0.3 is 85.9 Å². The number of methoxy groups -OCH3 is 6. The van der Waals surface area contributed by atoms with Crippen molar-refractivity contribution >= 4 is 87.6 Å². The first-order valence-corrected chi connectivity index (χ1v) is 47.8. The zero-order valence-corrected chi connectivity index (χ0v) is 86.0. The Bertz CT molecular complexity index is 5090. The molecule has 3 aromatic carbocycles. The van der Waals surface area contributed by atoms with Crippen LogP contribution in [0.3, 0.4) is 0 Å². The van der Waals surface area contributed by atoms with Crippen LogP contribution in [0.2, 0.25) is 0 Å². The van der Waals surface area contributed by atoms with Gasteiger partial charge in [-0.25, -0.2) is 48.8 Å². The number of aryl methyl sites for hydroxylation is 3. The molecule has 135 heavy (non-hydrogen) atoms. The molecule has 3 amide bonds. The van der Waals surface area contributed by atoms with E-state index in [1.807, 2.05) is 124 Å². The van der Waals surface area contributed by atoms with Crippen LogP contribution in [-0.2, 0) is 147 Å². The third-order valence-corrected chi connectivity index (χ3v) is 29.2. The Balaban J connectivity index is 0.000000207. The first-order chi connectivity index (χ1) is 63.1. The van der Waals surface area contributed by atoms with Crippen LogP contribution >= 0.6 is 0 Å². The molecule has 0 unspecified atom stereocenters. The molecule has 6 aliphatic heterocycles. The van der Waals surface area contributed by atoms with Gasteiger partial charge in [-0.2, -0.15) is 0 Å². The van der Waals surface area contributed by atoms with Gasteiger partial charge in [0.05, 0.1) is 131 Å². The number of carbonyl (C=O) groups is 6. The van der Waals surface area contributed by atoms with Crippen LogP contribution in [0.25, 0.3) is 33.1 Å². The summed E-state index contributed by atoms with van der Waals surface area (Å²) in [6, 6.07) is 14.0. The molecule has 18 atom stereocenters. The van der Waals surface area contributed by atoms with E-state index in [2.05, 4.69) is 25.8 Å². The van der Waals surface area contributed by atoms with Gasteiger partial charge in [-0.1, -0.05) is 119 Å². The van der Waals surface area contributed by atoms with Crippen molar-refractivity contribution < 1.29 is 156 Å². The van der Waals surface area contributed by atoms with Gasteiger partial charge in [0, 0.05) is 119 Å². The van der Waals surface area contributed by atoms with Gasteiger partial charge in [-0.15, -0.1) is 0 Å². The molecule has 33 heteroatoms. The third-order valence-electron chi connectivity index (χ3n) is 29.2. The van der Waals surface area contributed by atoms with Crippen molar-refractivity contribution in [2.24, 2.45) is 69.5 Å². The van der Waals surface area contributed by atoms with Crippen LogP contribution in [-0.4, -0.2) is 235 Å². The Kier molecular flexibility index (Phi) is 38.5. The molecule has 0 spiro atoms. The minimum absolute atomic E-state index is 0. The van der Waals surface area contributed by atoms with Crippen molar-refractivity contribution in [1.82, 2.24) is 44.6 Å². The molecule has 9 aliphatic rings. The van der Waals surface area contributed by atoms with Crippen LogP contribution in [0.5, 0.6) is 34.9 Å². The number of amides is 3. The van der Waals surface area contributed by atoms with Crippen LogP contribution in [0.4, 0.5) is 0 Å². The van der Waals surface area contributed by atoms with Crippen LogP contribution in [0, 0.1) is 69.5 Å². The topological polar surface area (TPSA) is 351 Å². The molecule has 6 bridgehead atoms. The zero-order chi connectivity index (χ0) is 94.7. The van der Waals surface area contributed by atoms with E-state index in [1.165, 1.54) is 14.7 Å². The van der Waals surface area contributed by atoms with E-state index in [-0.39, 0.29) is 162 Å². The fourth-order valence-electron chi connectivity index (χ4n) is 21.1. The maximum absolute atomic E-state index is 14.3. The fourth-order valence-corrected chi connectivity index (χ4v) is 21.1. The number of ether oxygens (including phenoxy) is 12. The third kappa shape index (κ3) is 26.2.